The Balaban J connectivity index is 2.10. The number of aromatic nitrogens is 2. The molecule has 3 nitrogen and oxygen atoms in total. The van der Waals surface area contributed by atoms with Crippen LogP contribution >= 0.6 is 11.3 Å². The van der Waals surface area contributed by atoms with E-state index >= 15 is 0 Å². The first-order valence-corrected chi connectivity index (χ1v) is 6.39. The van der Waals surface area contributed by atoms with Crippen LogP contribution in [-0.2, 0) is 13.1 Å². The van der Waals surface area contributed by atoms with Gasteiger partial charge in [-0.1, -0.05) is 0 Å². The summed E-state index contributed by atoms with van der Waals surface area (Å²) in [4.78, 5) is 4.21. The summed E-state index contributed by atoms with van der Waals surface area (Å²) in [5, 5.41) is 6.31. The topological polar surface area (TPSA) is 29.9 Å². The molecule has 0 saturated carbocycles. The zero-order valence-corrected chi connectivity index (χ0v) is 10.8. The molecule has 1 N–H and O–H groups in total. The van der Waals surface area contributed by atoms with Crippen LogP contribution in [0.5, 0.6) is 0 Å². The highest BCUT2D eigenvalue weighted by Gasteiger charge is 2.07. The summed E-state index contributed by atoms with van der Waals surface area (Å²) in [5.74, 6) is 0. The fraction of sp³-hybridized carbons (Fsp3) is 0.417. The van der Waals surface area contributed by atoms with Crippen molar-refractivity contribution >= 4 is 16.5 Å². The van der Waals surface area contributed by atoms with E-state index in [1.807, 2.05) is 11.6 Å². The molecule has 0 amide bonds. The molecule has 0 fully saturated rings. The number of nitrogens with one attached hydrogen (secondary N) is 1. The zero-order valence-electron chi connectivity index (χ0n) is 9.95. The van der Waals surface area contributed by atoms with Crippen LogP contribution in [-0.4, -0.2) is 9.55 Å². The standard InChI is InChI=1S/C12H17N3S/c1-4-15-9(2)7-11(10(15)3)8-14-12-13-5-6-16-12/h5-7H,4,8H2,1-3H3,(H,13,14). The van der Waals surface area contributed by atoms with Gasteiger partial charge in [0.25, 0.3) is 0 Å². The van der Waals surface area contributed by atoms with Crippen molar-refractivity contribution in [2.75, 3.05) is 5.32 Å². The van der Waals surface area contributed by atoms with Crippen molar-refractivity contribution in [3.63, 3.8) is 0 Å². The van der Waals surface area contributed by atoms with E-state index in [-0.39, 0.29) is 0 Å². The van der Waals surface area contributed by atoms with Crippen molar-refractivity contribution in [1.82, 2.24) is 9.55 Å². The maximum Gasteiger partial charge on any atom is 0.182 e. The van der Waals surface area contributed by atoms with Crippen LogP contribution in [0, 0.1) is 13.8 Å². The Morgan fingerprint density at radius 1 is 1.44 bits per heavy atom. The number of rotatable bonds is 4. The molecule has 0 unspecified atom stereocenters. The van der Waals surface area contributed by atoms with Crippen molar-refractivity contribution in [2.45, 2.75) is 33.9 Å². The highest BCUT2D eigenvalue weighted by molar-refractivity contribution is 7.13. The highest BCUT2D eigenvalue weighted by atomic mass is 32.1. The van der Waals surface area contributed by atoms with Gasteiger partial charge in [0.15, 0.2) is 5.13 Å². The SMILES string of the molecule is CCn1c(C)cc(CNc2nccs2)c1C. The third-order valence-electron chi connectivity index (χ3n) is 2.86. The zero-order chi connectivity index (χ0) is 11.5. The fourth-order valence-corrected chi connectivity index (χ4v) is 2.55. The molecule has 2 aromatic heterocycles. The Labute approximate surface area is 100 Å². The minimum absolute atomic E-state index is 0.854. The molecule has 0 aliphatic carbocycles. The highest BCUT2D eigenvalue weighted by Crippen LogP contribution is 2.17. The molecule has 16 heavy (non-hydrogen) atoms. The monoisotopic (exact) mass is 235 g/mol. The second kappa shape index (κ2) is 4.70. The summed E-state index contributed by atoms with van der Waals surface area (Å²) in [6, 6.07) is 2.25. The average molecular weight is 235 g/mol. The van der Waals surface area contributed by atoms with Gasteiger partial charge in [-0.3, -0.25) is 0 Å². The van der Waals surface area contributed by atoms with Crippen molar-refractivity contribution in [3.8, 4) is 0 Å². The van der Waals surface area contributed by atoms with Crippen molar-refractivity contribution in [3.05, 3.63) is 34.6 Å². The minimum atomic E-state index is 0.854. The summed E-state index contributed by atoms with van der Waals surface area (Å²) in [7, 11) is 0. The average Bonchev–Trinajstić information content (AvgIpc) is 2.85. The lowest BCUT2D eigenvalue weighted by Crippen LogP contribution is -2.02. The molecule has 4 heteroatoms. The fourth-order valence-electron chi connectivity index (χ4n) is 2.02. The van der Waals surface area contributed by atoms with E-state index in [9.17, 15) is 0 Å². The quantitative estimate of drug-likeness (QED) is 0.882. The summed E-state index contributed by atoms with van der Waals surface area (Å²) in [6.45, 7) is 8.40. The molecular weight excluding hydrogens is 218 g/mol. The molecule has 2 aromatic rings. The van der Waals surface area contributed by atoms with E-state index in [0.29, 0.717) is 0 Å². The largest absolute Gasteiger partial charge is 0.357 e. The molecule has 0 bridgehead atoms. The van der Waals surface area contributed by atoms with Crippen LogP contribution in [0.2, 0.25) is 0 Å². The maximum atomic E-state index is 4.21. The third-order valence-corrected chi connectivity index (χ3v) is 3.59. The molecule has 0 atom stereocenters. The third kappa shape index (κ3) is 2.11. The Bertz CT molecular complexity index is 457. The Hall–Kier alpha value is -1.29. The second-order valence-electron chi connectivity index (χ2n) is 3.83. The van der Waals surface area contributed by atoms with E-state index in [1.54, 1.807) is 11.3 Å². The van der Waals surface area contributed by atoms with Gasteiger partial charge in [-0.2, -0.15) is 0 Å². The predicted octanol–water partition coefficient (Wildman–Crippen LogP) is 3.19. The van der Waals surface area contributed by atoms with Crippen LogP contribution in [0.1, 0.15) is 23.9 Å². The summed E-state index contributed by atoms with van der Waals surface area (Å²) in [5.41, 5.74) is 4.04. The smallest absolute Gasteiger partial charge is 0.182 e. The van der Waals surface area contributed by atoms with Crippen molar-refractivity contribution in [2.24, 2.45) is 0 Å². The van der Waals surface area contributed by atoms with Gasteiger partial charge >= 0.3 is 0 Å². The van der Waals surface area contributed by atoms with Gasteiger partial charge in [0.1, 0.15) is 0 Å². The lowest BCUT2D eigenvalue weighted by atomic mass is 10.2. The first kappa shape index (κ1) is 11.2. The Morgan fingerprint density at radius 2 is 2.25 bits per heavy atom. The first-order valence-electron chi connectivity index (χ1n) is 5.51. The first-order chi connectivity index (χ1) is 7.72. The van der Waals surface area contributed by atoms with Gasteiger partial charge in [0.05, 0.1) is 0 Å². The number of anilines is 1. The van der Waals surface area contributed by atoms with Gasteiger partial charge < -0.3 is 9.88 Å². The van der Waals surface area contributed by atoms with Crippen molar-refractivity contribution < 1.29 is 0 Å². The van der Waals surface area contributed by atoms with Crippen LogP contribution in [0.3, 0.4) is 0 Å². The number of hydrogen-bond donors (Lipinski definition) is 1. The van der Waals surface area contributed by atoms with Crippen LogP contribution in [0.25, 0.3) is 0 Å². The molecule has 0 aliphatic heterocycles. The minimum Gasteiger partial charge on any atom is -0.357 e. The Morgan fingerprint density at radius 3 is 2.81 bits per heavy atom. The van der Waals surface area contributed by atoms with E-state index < -0.39 is 0 Å². The number of thiazole rings is 1. The van der Waals surface area contributed by atoms with E-state index in [2.05, 4.69) is 41.7 Å². The lowest BCUT2D eigenvalue weighted by molar-refractivity contribution is 0.715. The maximum absolute atomic E-state index is 4.21. The van der Waals surface area contributed by atoms with Crippen LogP contribution in [0.4, 0.5) is 5.13 Å². The molecule has 0 aromatic carbocycles. The predicted molar refractivity (Wildman–Crippen MR) is 69.0 cm³/mol. The molecule has 0 radical (unpaired) electrons. The van der Waals surface area contributed by atoms with Crippen molar-refractivity contribution in [1.29, 1.82) is 0 Å². The van der Waals surface area contributed by atoms with Gasteiger partial charge in [-0.05, 0) is 32.4 Å². The molecule has 86 valence electrons. The van der Waals surface area contributed by atoms with E-state index in [4.69, 9.17) is 0 Å². The normalized spacial score (nSPS) is 10.7. The molecule has 0 saturated heterocycles. The number of nitrogens with zero attached hydrogens (tertiary/aromatic N) is 2. The van der Waals surface area contributed by atoms with Crippen LogP contribution < -0.4 is 5.32 Å². The molecular formula is C12H17N3S. The molecule has 0 spiro atoms. The summed E-state index contributed by atoms with van der Waals surface area (Å²) in [6.07, 6.45) is 1.82. The summed E-state index contributed by atoms with van der Waals surface area (Å²) < 4.78 is 2.33. The van der Waals surface area contributed by atoms with E-state index in [1.165, 1.54) is 17.0 Å². The molecule has 2 rings (SSSR count). The summed E-state index contributed by atoms with van der Waals surface area (Å²) >= 11 is 1.64. The number of aryl methyl sites for hydroxylation is 1. The lowest BCUT2D eigenvalue weighted by Gasteiger charge is -2.06. The molecule has 2 heterocycles. The van der Waals surface area contributed by atoms with Crippen LogP contribution in [0.15, 0.2) is 17.6 Å². The van der Waals surface area contributed by atoms with E-state index in [0.717, 1.165) is 18.2 Å². The second-order valence-corrected chi connectivity index (χ2v) is 4.73. The van der Waals surface area contributed by atoms with Gasteiger partial charge in [0.2, 0.25) is 0 Å². The number of hydrogen-bond acceptors (Lipinski definition) is 3. The van der Waals surface area contributed by atoms with Gasteiger partial charge in [-0.15, -0.1) is 11.3 Å². The Kier molecular flexibility index (Phi) is 3.29. The molecule has 0 aliphatic rings. The van der Waals surface area contributed by atoms with Gasteiger partial charge in [0, 0.05) is 36.1 Å². The van der Waals surface area contributed by atoms with Gasteiger partial charge in [-0.25, -0.2) is 4.98 Å².